The molecule has 0 spiro atoms. The van der Waals surface area contributed by atoms with Crippen LogP contribution in [0, 0.1) is 6.92 Å². The van der Waals surface area contributed by atoms with Crippen LogP contribution in [0.2, 0.25) is 0 Å². The summed E-state index contributed by atoms with van der Waals surface area (Å²) in [5.41, 5.74) is 7.76. The van der Waals surface area contributed by atoms with E-state index in [1.54, 1.807) is 0 Å². The first-order valence-corrected chi connectivity index (χ1v) is 5.43. The van der Waals surface area contributed by atoms with E-state index >= 15 is 0 Å². The van der Waals surface area contributed by atoms with Crippen molar-refractivity contribution in [1.82, 2.24) is 9.78 Å². The number of hydrogen-bond donors (Lipinski definition) is 1. The summed E-state index contributed by atoms with van der Waals surface area (Å²) in [5, 5.41) is 4.46. The summed E-state index contributed by atoms with van der Waals surface area (Å²) >= 11 is 0. The SMILES string of the molecule is Cc1nn(C(C)C)c(N(C)C(C)C)c1N. The van der Waals surface area contributed by atoms with E-state index in [1.807, 2.05) is 11.6 Å². The zero-order valence-electron chi connectivity index (χ0n) is 10.6. The zero-order valence-corrected chi connectivity index (χ0v) is 10.6. The highest BCUT2D eigenvalue weighted by molar-refractivity contribution is 5.66. The number of aryl methyl sites for hydroxylation is 1. The first-order chi connectivity index (χ1) is 6.86. The molecule has 0 aliphatic heterocycles. The lowest BCUT2D eigenvalue weighted by molar-refractivity contribution is 0.520. The number of nitrogens with two attached hydrogens (primary N) is 1. The van der Waals surface area contributed by atoms with Gasteiger partial charge in [0.1, 0.15) is 0 Å². The molecule has 15 heavy (non-hydrogen) atoms. The molecule has 0 fully saturated rings. The van der Waals surface area contributed by atoms with Crippen LogP contribution in [0.1, 0.15) is 39.4 Å². The number of anilines is 2. The first-order valence-electron chi connectivity index (χ1n) is 5.43. The van der Waals surface area contributed by atoms with Gasteiger partial charge in [0.25, 0.3) is 0 Å². The molecule has 0 aliphatic rings. The van der Waals surface area contributed by atoms with Crippen LogP contribution in [0.5, 0.6) is 0 Å². The third-order valence-corrected chi connectivity index (χ3v) is 2.70. The van der Waals surface area contributed by atoms with E-state index in [2.05, 4.69) is 44.7 Å². The van der Waals surface area contributed by atoms with E-state index in [1.165, 1.54) is 0 Å². The van der Waals surface area contributed by atoms with E-state index in [4.69, 9.17) is 5.73 Å². The number of nitrogens with zero attached hydrogens (tertiary/aromatic N) is 3. The minimum Gasteiger partial charge on any atom is -0.394 e. The van der Waals surface area contributed by atoms with Crippen molar-refractivity contribution in [3.8, 4) is 0 Å². The Labute approximate surface area is 92.1 Å². The van der Waals surface area contributed by atoms with Crippen molar-refractivity contribution in [2.75, 3.05) is 17.7 Å². The Morgan fingerprint density at radius 3 is 2.20 bits per heavy atom. The maximum atomic E-state index is 6.05. The Morgan fingerprint density at radius 2 is 1.80 bits per heavy atom. The van der Waals surface area contributed by atoms with Crippen molar-refractivity contribution in [2.45, 2.75) is 46.7 Å². The van der Waals surface area contributed by atoms with Crippen LogP contribution in [-0.2, 0) is 0 Å². The van der Waals surface area contributed by atoms with Crippen molar-refractivity contribution >= 4 is 11.5 Å². The number of aromatic nitrogens is 2. The second kappa shape index (κ2) is 4.13. The summed E-state index contributed by atoms with van der Waals surface area (Å²) in [6, 6.07) is 0.748. The standard InChI is InChI=1S/C11H22N4/c1-7(2)14(6)11-10(12)9(5)13-15(11)8(3)4/h7-8H,12H2,1-6H3. The minimum atomic E-state index is 0.331. The fourth-order valence-corrected chi connectivity index (χ4v) is 1.50. The van der Waals surface area contributed by atoms with Gasteiger partial charge in [0.2, 0.25) is 0 Å². The predicted molar refractivity (Wildman–Crippen MR) is 65.3 cm³/mol. The van der Waals surface area contributed by atoms with Crippen molar-refractivity contribution < 1.29 is 0 Å². The Bertz CT molecular complexity index is 339. The predicted octanol–water partition coefficient (Wildman–Crippen LogP) is 2.20. The van der Waals surface area contributed by atoms with Crippen LogP contribution in [0.3, 0.4) is 0 Å². The molecule has 2 N–H and O–H groups in total. The van der Waals surface area contributed by atoms with Crippen molar-refractivity contribution in [3.05, 3.63) is 5.69 Å². The summed E-state index contributed by atoms with van der Waals surface area (Å²) in [6.07, 6.45) is 0. The van der Waals surface area contributed by atoms with Gasteiger partial charge < -0.3 is 10.6 Å². The molecule has 0 unspecified atom stereocenters. The van der Waals surface area contributed by atoms with Gasteiger partial charge in [-0.3, -0.25) is 0 Å². The van der Waals surface area contributed by atoms with Crippen LogP contribution in [0.15, 0.2) is 0 Å². The average molecular weight is 210 g/mol. The van der Waals surface area contributed by atoms with Gasteiger partial charge in [-0.25, -0.2) is 4.68 Å². The Hall–Kier alpha value is -1.19. The fraction of sp³-hybridized carbons (Fsp3) is 0.727. The molecular weight excluding hydrogens is 188 g/mol. The smallest absolute Gasteiger partial charge is 0.150 e. The summed E-state index contributed by atoms with van der Waals surface area (Å²) in [5.74, 6) is 1.03. The highest BCUT2D eigenvalue weighted by Gasteiger charge is 2.19. The van der Waals surface area contributed by atoms with E-state index in [0.29, 0.717) is 12.1 Å². The second-order valence-electron chi connectivity index (χ2n) is 4.57. The van der Waals surface area contributed by atoms with Gasteiger partial charge in [-0.1, -0.05) is 0 Å². The molecule has 0 bridgehead atoms. The Kier molecular flexibility index (Phi) is 3.27. The Morgan fingerprint density at radius 1 is 1.27 bits per heavy atom. The monoisotopic (exact) mass is 210 g/mol. The third-order valence-electron chi connectivity index (χ3n) is 2.70. The normalized spacial score (nSPS) is 11.5. The van der Waals surface area contributed by atoms with Gasteiger partial charge in [0.15, 0.2) is 5.82 Å². The molecule has 0 saturated carbocycles. The zero-order chi connectivity index (χ0) is 11.7. The highest BCUT2D eigenvalue weighted by atomic mass is 15.4. The lowest BCUT2D eigenvalue weighted by Gasteiger charge is -2.26. The molecule has 1 aromatic rings. The number of rotatable bonds is 3. The first kappa shape index (κ1) is 11.9. The van der Waals surface area contributed by atoms with Crippen LogP contribution in [-0.4, -0.2) is 22.9 Å². The second-order valence-corrected chi connectivity index (χ2v) is 4.57. The number of nitrogen functional groups attached to an aromatic ring is 1. The lowest BCUT2D eigenvalue weighted by atomic mass is 10.3. The van der Waals surface area contributed by atoms with Gasteiger partial charge >= 0.3 is 0 Å². The number of hydrogen-bond acceptors (Lipinski definition) is 3. The van der Waals surface area contributed by atoms with Crippen LogP contribution < -0.4 is 10.6 Å². The topological polar surface area (TPSA) is 47.1 Å². The molecule has 0 atom stereocenters. The summed E-state index contributed by atoms with van der Waals surface area (Å²) in [7, 11) is 2.05. The summed E-state index contributed by atoms with van der Waals surface area (Å²) < 4.78 is 1.99. The molecule has 1 heterocycles. The third kappa shape index (κ3) is 2.08. The van der Waals surface area contributed by atoms with Crippen molar-refractivity contribution in [3.63, 3.8) is 0 Å². The molecule has 0 aliphatic carbocycles. The van der Waals surface area contributed by atoms with Gasteiger partial charge in [-0.05, 0) is 34.6 Å². The molecule has 0 aromatic carbocycles. The fourth-order valence-electron chi connectivity index (χ4n) is 1.50. The van der Waals surface area contributed by atoms with Gasteiger partial charge in [0, 0.05) is 19.1 Å². The molecular formula is C11H22N4. The molecule has 0 saturated heterocycles. The van der Waals surface area contributed by atoms with E-state index in [9.17, 15) is 0 Å². The van der Waals surface area contributed by atoms with E-state index < -0.39 is 0 Å². The lowest BCUT2D eigenvalue weighted by Crippen LogP contribution is -2.29. The maximum Gasteiger partial charge on any atom is 0.150 e. The molecule has 4 heteroatoms. The van der Waals surface area contributed by atoms with Crippen LogP contribution in [0.4, 0.5) is 11.5 Å². The Balaban J connectivity index is 3.25. The average Bonchev–Trinajstić information content (AvgIpc) is 2.42. The van der Waals surface area contributed by atoms with Crippen molar-refractivity contribution in [2.24, 2.45) is 0 Å². The van der Waals surface area contributed by atoms with Gasteiger partial charge in [-0.2, -0.15) is 5.10 Å². The van der Waals surface area contributed by atoms with Crippen LogP contribution >= 0.6 is 0 Å². The van der Waals surface area contributed by atoms with E-state index in [0.717, 1.165) is 17.2 Å². The van der Waals surface area contributed by atoms with Gasteiger partial charge in [-0.15, -0.1) is 0 Å². The van der Waals surface area contributed by atoms with E-state index in [-0.39, 0.29) is 0 Å². The maximum absolute atomic E-state index is 6.05. The summed E-state index contributed by atoms with van der Waals surface area (Å²) in [4.78, 5) is 2.16. The molecule has 4 nitrogen and oxygen atoms in total. The summed E-state index contributed by atoms with van der Waals surface area (Å²) in [6.45, 7) is 10.5. The molecule has 0 amide bonds. The molecule has 1 aromatic heterocycles. The quantitative estimate of drug-likeness (QED) is 0.832. The molecule has 86 valence electrons. The highest BCUT2D eigenvalue weighted by Crippen LogP contribution is 2.29. The van der Waals surface area contributed by atoms with Crippen LogP contribution in [0.25, 0.3) is 0 Å². The minimum absolute atomic E-state index is 0.331. The molecule has 0 radical (unpaired) electrons. The van der Waals surface area contributed by atoms with Crippen molar-refractivity contribution in [1.29, 1.82) is 0 Å². The van der Waals surface area contributed by atoms with Gasteiger partial charge in [0.05, 0.1) is 11.4 Å². The largest absolute Gasteiger partial charge is 0.394 e. The molecule has 1 rings (SSSR count).